The minimum atomic E-state index is -5.08. The van der Waals surface area contributed by atoms with Crippen molar-refractivity contribution in [3.05, 3.63) is 48.2 Å². The van der Waals surface area contributed by atoms with Crippen molar-refractivity contribution in [1.82, 2.24) is 9.88 Å². The fourth-order valence-corrected chi connectivity index (χ4v) is 3.58. The Morgan fingerprint density at radius 2 is 2.00 bits per heavy atom. The van der Waals surface area contributed by atoms with Crippen LogP contribution in [0.4, 0.5) is 13.2 Å². The minimum Gasteiger partial charge on any atom is -0.486 e. The molecule has 168 valence electrons. The van der Waals surface area contributed by atoms with Gasteiger partial charge in [-0.2, -0.15) is 13.2 Å². The van der Waals surface area contributed by atoms with Gasteiger partial charge in [-0.3, -0.25) is 9.78 Å². The third-order valence-electron chi connectivity index (χ3n) is 4.91. The highest BCUT2D eigenvalue weighted by Gasteiger charge is 2.46. The summed E-state index contributed by atoms with van der Waals surface area (Å²) in [5.74, 6) is -0.954. The molecule has 31 heavy (non-hydrogen) atoms. The van der Waals surface area contributed by atoms with E-state index in [4.69, 9.17) is 23.8 Å². The molecule has 1 aliphatic heterocycles. The van der Waals surface area contributed by atoms with Gasteiger partial charge in [-0.25, -0.2) is 4.79 Å². The van der Waals surface area contributed by atoms with Crippen LogP contribution in [-0.4, -0.2) is 64.4 Å². The number of aryl methyl sites for hydroxylation is 1. The number of aromatic nitrogens is 1. The second kappa shape index (κ2) is 9.38. The molecule has 2 aromatic rings. The van der Waals surface area contributed by atoms with Crippen molar-refractivity contribution in [2.75, 3.05) is 13.2 Å². The van der Waals surface area contributed by atoms with Gasteiger partial charge in [-0.05, 0) is 44.0 Å². The lowest BCUT2D eigenvalue weighted by atomic mass is 10.1. The Morgan fingerprint density at radius 3 is 2.58 bits per heavy atom. The molecular formula is C20H21F3N2O6. The van der Waals surface area contributed by atoms with E-state index < -0.39 is 12.1 Å². The van der Waals surface area contributed by atoms with Crippen LogP contribution in [-0.2, 0) is 9.53 Å². The maximum atomic E-state index is 12.7. The molecule has 1 aliphatic carbocycles. The molecule has 2 aromatic heterocycles. The summed E-state index contributed by atoms with van der Waals surface area (Å²) >= 11 is 0. The molecule has 0 aromatic carbocycles. The number of pyridine rings is 1. The SMILES string of the molecule is Cc1ccc(C(=O)N2CCO[C@H]3[C@@H](Oc4cccnc4)CC[C@@H]32)o1.O=C(O)C(F)(F)F. The number of amides is 1. The number of ether oxygens (including phenoxy) is 2. The topological polar surface area (TPSA) is 102 Å². The van der Waals surface area contributed by atoms with Crippen molar-refractivity contribution in [2.24, 2.45) is 0 Å². The van der Waals surface area contributed by atoms with E-state index in [0.29, 0.717) is 18.9 Å². The summed E-state index contributed by atoms with van der Waals surface area (Å²) in [4.78, 5) is 27.6. The van der Waals surface area contributed by atoms with Gasteiger partial charge < -0.3 is 23.9 Å². The Morgan fingerprint density at radius 1 is 1.26 bits per heavy atom. The summed E-state index contributed by atoms with van der Waals surface area (Å²) in [6.07, 6.45) is -0.128. The second-order valence-electron chi connectivity index (χ2n) is 7.04. The van der Waals surface area contributed by atoms with Crippen LogP contribution in [0.25, 0.3) is 0 Å². The standard InChI is InChI=1S/C18H20N2O4.C2HF3O2/c1-12-4-6-16(23-12)18(21)20-9-10-22-17-14(20)5-7-15(17)24-13-3-2-8-19-11-13;3-2(4,5)1(6)7/h2-4,6,8,11,14-15,17H,5,7,9-10H2,1H3;(H,6,7)/t14-,15-,17+;/m0./s1. The number of rotatable bonds is 3. The molecule has 1 saturated carbocycles. The smallest absolute Gasteiger partial charge is 0.486 e. The molecule has 2 fully saturated rings. The van der Waals surface area contributed by atoms with Crippen molar-refractivity contribution < 1.29 is 41.8 Å². The van der Waals surface area contributed by atoms with Gasteiger partial charge in [0.05, 0.1) is 18.8 Å². The van der Waals surface area contributed by atoms with Crippen molar-refractivity contribution in [2.45, 2.75) is 44.2 Å². The van der Waals surface area contributed by atoms with Gasteiger partial charge in [0, 0.05) is 12.7 Å². The van der Waals surface area contributed by atoms with E-state index >= 15 is 0 Å². The molecule has 0 bridgehead atoms. The lowest BCUT2D eigenvalue weighted by molar-refractivity contribution is -0.192. The molecule has 1 N–H and O–H groups in total. The number of furan rings is 1. The van der Waals surface area contributed by atoms with Gasteiger partial charge in [-0.1, -0.05) is 0 Å². The van der Waals surface area contributed by atoms with Crippen molar-refractivity contribution in [3.63, 3.8) is 0 Å². The number of carboxylic acids is 1. The third kappa shape index (κ3) is 5.54. The Kier molecular flexibility index (Phi) is 6.84. The molecule has 0 radical (unpaired) electrons. The molecule has 4 rings (SSSR count). The lowest BCUT2D eigenvalue weighted by Crippen LogP contribution is -2.54. The zero-order valence-corrected chi connectivity index (χ0v) is 16.5. The summed E-state index contributed by atoms with van der Waals surface area (Å²) in [5.41, 5.74) is 0. The average Bonchev–Trinajstić information content (AvgIpc) is 3.34. The van der Waals surface area contributed by atoms with Crippen LogP contribution in [0.3, 0.4) is 0 Å². The number of carbonyl (C=O) groups is 2. The van der Waals surface area contributed by atoms with Crippen molar-refractivity contribution in [3.8, 4) is 5.75 Å². The highest BCUT2D eigenvalue weighted by atomic mass is 19.4. The van der Waals surface area contributed by atoms with Gasteiger partial charge in [0.1, 0.15) is 23.7 Å². The molecule has 1 saturated heterocycles. The number of hydrogen-bond donors (Lipinski definition) is 1. The Labute approximate surface area is 175 Å². The first-order chi connectivity index (χ1) is 14.7. The Bertz CT molecular complexity index is 902. The first-order valence-electron chi connectivity index (χ1n) is 9.52. The van der Waals surface area contributed by atoms with Gasteiger partial charge in [-0.15, -0.1) is 0 Å². The molecule has 3 heterocycles. The van der Waals surface area contributed by atoms with Crippen LogP contribution in [0, 0.1) is 6.92 Å². The molecule has 3 atom stereocenters. The number of nitrogens with zero attached hydrogens (tertiary/aromatic N) is 2. The van der Waals surface area contributed by atoms with Crippen LogP contribution in [0.15, 0.2) is 41.1 Å². The third-order valence-corrected chi connectivity index (χ3v) is 4.91. The molecule has 0 spiro atoms. The number of halogens is 3. The molecule has 2 aliphatic rings. The zero-order valence-electron chi connectivity index (χ0n) is 16.5. The number of fused-ring (bicyclic) bond motifs is 1. The van der Waals surface area contributed by atoms with E-state index in [9.17, 15) is 18.0 Å². The van der Waals surface area contributed by atoms with Gasteiger partial charge >= 0.3 is 12.1 Å². The largest absolute Gasteiger partial charge is 0.490 e. The van der Waals surface area contributed by atoms with Crippen LogP contribution < -0.4 is 4.74 Å². The number of carbonyl (C=O) groups excluding carboxylic acids is 1. The minimum absolute atomic E-state index is 0.0262. The number of aliphatic carboxylic acids is 1. The van der Waals surface area contributed by atoms with Crippen LogP contribution in [0.2, 0.25) is 0 Å². The van der Waals surface area contributed by atoms with Crippen LogP contribution >= 0.6 is 0 Å². The fourth-order valence-electron chi connectivity index (χ4n) is 3.58. The summed E-state index contributed by atoms with van der Waals surface area (Å²) in [6.45, 7) is 2.94. The normalized spacial score (nSPS) is 22.8. The maximum Gasteiger partial charge on any atom is 0.490 e. The van der Waals surface area contributed by atoms with Crippen molar-refractivity contribution in [1.29, 1.82) is 0 Å². The highest BCUT2D eigenvalue weighted by molar-refractivity contribution is 5.92. The van der Waals surface area contributed by atoms with Gasteiger partial charge in [0.25, 0.3) is 5.91 Å². The highest BCUT2D eigenvalue weighted by Crippen LogP contribution is 2.33. The monoisotopic (exact) mass is 442 g/mol. The lowest BCUT2D eigenvalue weighted by Gasteiger charge is -2.38. The maximum absolute atomic E-state index is 12.7. The second-order valence-corrected chi connectivity index (χ2v) is 7.04. The van der Waals surface area contributed by atoms with E-state index in [1.165, 1.54) is 0 Å². The summed E-state index contributed by atoms with van der Waals surface area (Å²) in [5, 5.41) is 7.12. The number of alkyl halides is 3. The molecule has 1 amide bonds. The first kappa shape index (κ1) is 22.6. The van der Waals surface area contributed by atoms with E-state index in [-0.39, 0.29) is 24.2 Å². The molecular weight excluding hydrogens is 421 g/mol. The predicted octanol–water partition coefficient (Wildman–Crippen LogP) is 3.07. The predicted molar refractivity (Wildman–Crippen MR) is 99.6 cm³/mol. The quantitative estimate of drug-likeness (QED) is 0.780. The molecule has 8 nitrogen and oxygen atoms in total. The summed E-state index contributed by atoms with van der Waals surface area (Å²) in [7, 11) is 0. The van der Waals surface area contributed by atoms with Gasteiger partial charge in [0.2, 0.25) is 0 Å². The van der Waals surface area contributed by atoms with E-state index in [1.54, 1.807) is 18.5 Å². The number of carboxylic acid groups (broad SMARTS) is 1. The number of morpholine rings is 1. The van der Waals surface area contributed by atoms with Crippen LogP contribution in [0.1, 0.15) is 29.2 Å². The molecule has 11 heteroatoms. The van der Waals surface area contributed by atoms with Crippen LogP contribution in [0.5, 0.6) is 5.75 Å². The summed E-state index contributed by atoms with van der Waals surface area (Å²) < 4.78 is 49.2. The Hall–Kier alpha value is -3.08. The van der Waals surface area contributed by atoms with E-state index in [0.717, 1.165) is 24.4 Å². The zero-order chi connectivity index (χ0) is 22.6. The summed E-state index contributed by atoms with van der Waals surface area (Å²) in [6, 6.07) is 7.31. The molecule has 0 unspecified atom stereocenters. The number of hydrogen-bond acceptors (Lipinski definition) is 6. The fraction of sp³-hybridized carbons (Fsp3) is 0.450. The van der Waals surface area contributed by atoms with Gasteiger partial charge in [0.15, 0.2) is 5.76 Å². The van der Waals surface area contributed by atoms with Crippen molar-refractivity contribution >= 4 is 11.9 Å². The van der Waals surface area contributed by atoms with E-state index in [1.807, 2.05) is 30.0 Å². The first-order valence-corrected chi connectivity index (χ1v) is 9.52. The average molecular weight is 442 g/mol. The Balaban J connectivity index is 0.000000339. The van der Waals surface area contributed by atoms with E-state index in [2.05, 4.69) is 4.98 Å².